The van der Waals surface area contributed by atoms with Crippen molar-refractivity contribution in [1.29, 1.82) is 0 Å². The number of aromatic nitrogens is 2. The van der Waals surface area contributed by atoms with Crippen LogP contribution in [0.2, 0.25) is 5.02 Å². The SMILES string of the molecule is CNCc1nc(-c2ccc(F)c(Cl)c2)no1. The zero-order valence-corrected chi connectivity index (χ0v) is 9.25. The normalized spacial score (nSPS) is 10.7. The molecule has 2 rings (SSSR count). The largest absolute Gasteiger partial charge is 0.338 e. The van der Waals surface area contributed by atoms with E-state index in [1.807, 2.05) is 0 Å². The molecule has 0 amide bonds. The van der Waals surface area contributed by atoms with E-state index < -0.39 is 5.82 Å². The van der Waals surface area contributed by atoms with E-state index in [2.05, 4.69) is 15.5 Å². The summed E-state index contributed by atoms with van der Waals surface area (Å²) in [7, 11) is 1.78. The van der Waals surface area contributed by atoms with E-state index in [1.54, 1.807) is 13.1 Å². The van der Waals surface area contributed by atoms with Crippen LogP contribution >= 0.6 is 11.6 Å². The maximum Gasteiger partial charge on any atom is 0.240 e. The molecule has 0 unspecified atom stereocenters. The first-order valence-electron chi connectivity index (χ1n) is 4.63. The van der Waals surface area contributed by atoms with Crippen molar-refractivity contribution in [2.24, 2.45) is 0 Å². The molecule has 1 N–H and O–H groups in total. The lowest BCUT2D eigenvalue weighted by Gasteiger charge is -1.96. The van der Waals surface area contributed by atoms with Gasteiger partial charge in [-0.05, 0) is 25.2 Å². The lowest BCUT2D eigenvalue weighted by molar-refractivity contribution is 0.372. The van der Waals surface area contributed by atoms with Crippen LogP contribution in [0.4, 0.5) is 4.39 Å². The molecule has 0 radical (unpaired) electrons. The van der Waals surface area contributed by atoms with Gasteiger partial charge in [0.15, 0.2) is 0 Å². The zero-order valence-electron chi connectivity index (χ0n) is 8.50. The number of rotatable bonds is 3. The van der Waals surface area contributed by atoms with Crippen LogP contribution in [-0.2, 0) is 6.54 Å². The first-order valence-corrected chi connectivity index (χ1v) is 5.01. The highest BCUT2D eigenvalue weighted by atomic mass is 35.5. The summed E-state index contributed by atoms with van der Waals surface area (Å²) in [5, 5.41) is 6.69. The van der Waals surface area contributed by atoms with Crippen molar-refractivity contribution in [1.82, 2.24) is 15.5 Å². The first kappa shape index (κ1) is 11.0. The number of halogens is 2. The molecule has 0 aliphatic rings. The Labute approximate surface area is 96.4 Å². The number of hydrogen-bond donors (Lipinski definition) is 1. The molecule has 4 nitrogen and oxygen atoms in total. The summed E-state index contributed by atoms with van der Waals surface area (Å²) in [5.41, 5.74) is 0.623. The van der Waals surface area contributed by atoms with Gasteiger partial charge in [0.1, 0.15) is 5.82 Å². The van der Waals surface area contributed by atoms with Gasteiger partial charge in [0.05, 0.1) is 11.6 Å². The van der Waals surface area contributed by atoms with Gasteiger partial charge < -0.3 is 9.84 Å². The monoisotopic (exact) mass is 241 g/mol. The Kier molecular flexibility index (Phi) is 3.17. The molecule has 6 heteroatoms. The van der Waals surface area contributed by atoms with Gasteiger partial charge in [-0.2, -0.15) is 4.98 Å². The summed E-state index contributed by atoms with van der Waals surface area (Å²) in [5.74, 6) is 0.398. The number of nitrogens with one attached hydrogen (secondary N) is 1. The van der Waals surface area contributed by atoms with Crippen molar-refractivity contribution in [2.75, 3.05) is 7.05 Å². The van der Waals surface area contributed by atoms with E-state index in [9.17, 15) is 4.39 Å². The molecule has 0 aliphatic carbocycles. The van der Waals surface area contributed by atoms with Gasteiger partial charge in [-0.3, -0.25) is 0 Å². The number of hydrogen-bond acceptors (Lipinski definition) is 4. The van der Waals surface area contributed by atoms with E-state index in [4.69, 9.17) is 16.1 Å². The third-order valence-corrected chi connectivity index (χ3v) is 2.26. The van der Waals surface area contributed by atoms with Crippen LogP contribution in [-0.4, -0.2) is 17.2 Å². The Balaban J connectivity index is 2.31. The van der Waals surface area contributed by atoms with Crippen LogP contribution in [0.5, 0.6) is 0 Å². The Morgan fingerprint density at radius 3 is 3.00 bits per heavy atom. The average Bonchev–Trinajstić information content (AvgIpc) is 2.71. The highest BCUT2D eigenvalue weighted by molar-refractivity contribution is 6.31. The van der Waals surface area contributed by atoms with Crippen LogP contribution in [0, 0.1) is 5.82 Å². The van der Waals surface area contributed by atoms with Crippen molar-refractivity contribution in [3.8, 4) is 11.4 Å². The van der Waals surface area contributed by atoms with Crippen LogP contribution in [0.25, 0.3) is 11.4 Å². The molecule has 1 aromatic carbocycles. The molecule has 1 aromatic heterocycles. The lowest BCUT2D eigenvalue weighted by atomic mass is 10.2. The maximum atomic E-state index is 12.9. The van der Waals surface area contributed by atoms with Crippen molar-refractivity contribution < 1.29 is 8.91 Å². The van der Waals surface area contributed by atoms with E-state index in [0.717, 1.165) is 0 Å². The molecule has 2 aromatic rings. The maximum absolute atomic E-state index is 12.9. The summed E-state index contributed by atoms with van der Waals surface area (Å²) in [6, 6.07) is 4.28. The van der Waals surface area contributed by atoms with E-state index in [-0.39, 0.29) is 5.02 Å². The zero-order chi connectivity index (χ0) is 11.5. The smallest absolute Gasteiger partial charge is 0.240 e. The standard InChI is InChI=1S/C10H9ClFN3O/c1-13-5-9-14-10(15-16-9)6-2-3-8(12)7(11)4-6/h2-4,13H,5H2,1H3. The molecule has 0 aliphatic heterocycles. The third kappa shape index (κ3) is 2.20. The predicted molar refractivity (Wildman–Crippen MR) is 57.5 cm³/mol. The fraction of sp³-hybridized carbons (Fsp3) is 0.200. The molecule has 0 bridgehead atoms. The summed E-state index contributed by atoms with van der Waals surface area (Å²) in [6.07, 6.45) is 0. The minimum Gasteiger partial charge on any atom is -0.338 e. The molecule has 1 heterocycles. The van der Waals surface area contributed by atoms with Crippen LogP contribution < -0.4 is 5.32 Å². The fourth-order valence-corrected chi connectivity index (χ4v) is 1.41. The summed E-state index contributed by atoms with van der Waals surface area (Å²) >= 11 is 5.66. The second-order valence-electron chi connectivity index (χ2n) is 3.17. The third-order valence-electron chi connectivity index (χ3n) is 1.97. The molecule has 0 saturated carbocycles. The Hall–Kier alpha value is -1.46. The van der Waals surface area contributed by atoms with Crippen molar-refractivity contribution in [3.05, 3.63) is 34.9 Å². The van der Waals surface area contributed by atoms with Crippen molar-refractivity contribution in [2.45, 2.75) is 6.54 Å². The quantitative estimate of drug-likeness (QED) is 0.896. The van der Waals surface area contributed by atoms with Gasteiger partial charge >= 0.3 is 0 Å². The minimum absolute atomic E-state index is 0.0393. The van der Waals surface area contributed by atoms with Gasteiger partial charge in [-0.15, -0.1) is 0 Å². The Bertz CT molecular complexity index is 501. The lowest BCUT2D eigenvalue weighted by Crippen LogP contribution is -2.04. The summed E-state index contributed by atoms with van der Waals surface area (Å²) in [6.45, 7) is 0.488. The van der Waals surface area contributed by atoms with Gasteiger partial charge in [-0.1, -0.05) is 16.8 Å². The topological polar surface area (TPSA) is 51.0 Å². The molecule has 0 saturated heterocycles. The number of benzene rings is 1. The molecular weight excluding hydrogens is 233 g/mol. The second kappa shape index (κ2) is 4.59. The van der Waals surface area contributed by atoms with E-state index >= 15 is 0 Å². The summed E-state index contributed by atoms with van der Waals surface area (Å²) < 4.78 is 17.9. The molecule has 0 spiro atoms. The number of nitrogens with zero attached hydrogens (tertiary/aromatic N) is 2. The fourth-order valence-electron chi connectivity index (χ4n) is 1.23. The molecule has 84 valence electrons. The van der Waals surface area contributed by atoms with Crippen molar-refractivity contribution in [3.63, 3.8) is 0 Å². The molecule has 0 fully saturated rings. The first-order chi connectivity index (χ1) is 7.70. The molecular formula is C10H9ClFN3O. The Morgan fingerprint density at radius 2 is 2.31 bits per heavy atom. The van der Waals surface area contributed by atoms with Gasteiger partial charge in [0.2, 0.25) is 11.7 Å². The van der Waals surface area contributed by atoms with Gasteiger partial charge in [0.25, 0.3) is 0 Å². The van der Waals surface area contributed by atoms with Crippen LogP contribution in [0.3, 0.4) is 0 Å². The highest BCUT2D eigenvalue weighted by Gasteiger charge is 2.09. The Morgan fingerprint density at radius 1 is 1.50 bits per heavy atom. The predicted octanol–water partition coefficient (Wildman–Crippen LogP) is 2.25. The average molecular weight is 242 g/mol. The van der Waals surface area contributed by atoms with Gasteiger partial charge in [0, 0.05) is 5.56 Å². The van der Waals surface area contributed by atoms with Crippen LogP contribution in [0.1, 0.15) is 5.89 Å². The second-order valence-corrected chi connectivity index (χ2v) is 3.58. The van der Waals surface area contributed by atoms with Gasteiger partial charge in [-0.25, -0.2) is 4.39 Å². The molecule has 0 atom stereocenters. The minimum atomic E-state index is -0.468. The molecule has 16 heavy (non-hydrogen) atoms. The van der Waals surface area contributed by atoms with Crippen molar-refractivity contribution >= 4 is 11.6 Å². The highest BCUT2D eigenvalue weighted by Crippen LogP contribution is 2.22. The van der Waals surface area contributed by atoms with E-state index in [1.165, 1.54) is 12.1 Å². The van der Waals surface area contributed by atoms with Crippen LogP contribution in [0.15, 0.2) is 22.7 Å². The van der Waals surface area contributed by atoms with E-state index in [0.29, 0.717) is 23.8 Å². The summed E-state index contributed by atoms with van der Waals surface area (Å²) in [4.78, 5) is 4.12.